The molecule has 1 saturated heterocycles. The van der Waals surface area contributed by atoms with Crippen molar-refractivity contribution in [3.8, 4) is 11.1 Å². The molecule has 0 atom stereocenters. The van der Waals surface area contributed by atoms with Gasteiger partial charge in [-0.3, -0.25) is 24.3 Å². The van der Waals surface area contributed by atoms with E-state index in [4.69, 9.17) is 0 Å². The fourth-order valence-electron chi connectivity index (χ4n) is 6.48. The molecule has 3 heterocycles. The summed E-state index contributed by atoms with van der Waals surface area (Å²) in [5, 5.41) is 6.17. The van der Waals surface area contributed by atoms with Gasteiger partial charge in [-0.2, -0.15) is 0 Å². The third kappa shape index (κ3) is 11.2. The highest BCUT2D eigenvalue weighted by Crippen LogP contribution is 2.27. The number of likely N-dealkylation sites (N-methyl/N-ethyl adjacent to an activating group) is 1. The zero-order valence-electron chi connectivity index (χ0n) is 32.8. The Morgan fingerprint density at radius 2 is 1.54 bits per heavy atom. The fourth-order valence-corrected chi connectivity index (χ4v) is 6.48. The molecule has 57 heavy (non-hydrogen) atoms. The summed E-state index contributed by atoms with van der Waals surface area (Å²) in [5.41, 5.74) is 7.42. The van der Waals surface area contributed by atoms with Crippen LogP contribution in [0.25, 0.3) is 11.1 Å². The fraction of sp³-hybridized carbons (Fsp3) is 0.244. The molecule has 0 spiro atoms. The van der Waals surface area contributed by atoms with Crippen molar-refractivity contribution < 1.29 is 19.2 Å². The van der Waals surface area contributed by atoms with Gasteiger partial charge in [-0.1, -0.05) is 54.6 Å². The second-order valence-corrected chi connectivity index (χ2v) is 14.5. The SMILES string of the molecule is CN(C)C/C=C/C(=O)Nc1cccc(CCC(=O)Cc2cccc(CN3CCN(c4cncc(Nc5ccc(-c6ccc(C(=O)N(C)C)cc6)cn5)c4)C3=O)c2)c1. The lowest BCUT2D eigenvalue weighted by Gasteiger charge is -2.19. The molecule has 2 aromatic heterocycles. The van der Waals surface area contributed by atoms with Gasteiger partial charge in [-0.05, 0) is 85.2 Å². The number of ketones is 1. The van der Waals surface area contributed by atoms with Crippen LogP contribution in [0.2, 0.25) is 0 Å². The topological polar surface area (TPSA) is 131 Å². The highest BCUT2D eigenvalue weighted by atomic mass is 16.2. The van der Waals surface area contributed by atoms with E-state index >= 15 is 0 Å². The molecule has 0 bridgehead atoms. The first-order valence-corrected chi connectivity index (χ1v) is 18.9. The van der Waals surface area contributed by atoms with Gasteiger partial charge in [0.05, 0.1) is 23.8 Å². The number of carbonyl (C=O) groups excluding carboxylic acids is 4. The minimum atomic E-state index is -0.190. The smallest absolute Gasteiger partial charge is 0.324 e. The third-order valence-electron chi connectivity index (χ3n) is 9.43. The van der Waals surface area contributed by atoms with Crippen molar-refractivity contribution >= 4 is 46.5 Å². The molecule has 1 aliphatic heterocycles. The number of carbonyl (C=O) groups is 4. The van der Waals surface area contributed by atoms with Crippen molar-refractivity contribution in [3.63, 3.8) is 0 Å². The van der Waals surface area contributed by atoms with E-state index in [1.54, 1.807) is 47.4 Å². The number of rotatable bonds is 16. The molecule has 0 unspecified atom stereocenters. The number of urea groups is 1. The van der Waals surface area contributed by atoms with Crippen molar-refractivity contribution in [2.24, 2.45) is 0 Å². The molecule has 2 N–H and O–H groups in total. The van der Waals surface area contributed by atoms with Crippen LogP contribution in [0.4, 0.5) is 27.7 Å². The summed E-state index contributed by atoms with van der Waals surface area (Å²) < 4.78 is 0. The number of pyridine rings is 2. The number of Topliss-reactive ketones (excluding diaryl/α,β-unsaturated/α-hetero) is 1. The summed E-state index contributed by atoms with van der Waals surface area (Å²) in [7, 11) is 7.34. The minimum Gasteiger partial charge on any atom is -0.345 e. The van der Waals surface area contributed by atoms with E-state index in [-0.39, 0.29) is 23.6 Å². The largest absolute Gasteiger partial charge is 0.345 e. The van der Waals surface area contributed by atoms with E-state index in [2.05, 4.69) is 20.6 Å². The lowest BCUT2D eigenvalue weighted by molar-refractivity contribution is -0.118. The molecule has 1 fully saturated rings. The maximum atomic E-state index is 13.6. The molecule has 0 radical (unpaired) electrons. The molecule has 3 aromatic carbocycles. The molecular weight excluding hydrogens is 717 g/mol. The number of benzene rings is 3. The molecule has 292 valence electrons. The Hall–Kier alpha value is -6.66. The van der Waals surface area contributed by atoms with Gasteiger partial charge < -0.3 is 25.3 Å². The Morgan fingerprint density at radius 3 is 2.30 bits per heavy atom. The van der Waals surface area contributed by atoms with Gasteiger partial charge in [0, 0.05) is 82.2 Å². The quantitative estimate of drug-likeness (QED) is 0.105. The lowest BCUT2D eigenvalue weighted by Crippen LogP contribution is -2.31. The number of nitrogens with zero attached hydrogens (tertiary/aromatic N) is 6. The highest BCUT2D eigenvalue weighted by Gasteiger charge is 2.30. The van der Waals surface area contributed by atoms with Gasteiger partial charge >= 0.3 is 6.03 Å². The van der Waals surface area contributed by atoms with Crippen LogP contribution in [-0.4, -0.2) is 96.1 Å². The summed E-state index contributed by atoms with van der Waals surface area (Å²) in [6, 6.07) is 28.5. The summed E-state index contributed by atoms with van der Waals surface area (Å²) in [5.74, 6) is 0.510. The van der Waals surface area contributed by atoms with E-state index < -0.39 is 0 Å². The zero-order chi connectivity index (χ0) is 40.3. The molecule has 6 rings (SSSR count). The van der Waals surface area contributed by atoms with Crippen molar-refractivity contribution in [2.45, 2.75) is 25.8 Å². The normalized spacial score (nSPS) is 12.7. The summed E-state index contributed by atoms with van der Waals surface area (Å²) in [6.45, 7) is 2.18. The van der Waals surface area contributed by atoms with E-state index in [0.717, 1.165) is 27.8 Å². The van der Waals surface area contributed by atoms with E-state index in [9.17, 15) is 19.2 Å². The van der Waals surface area contributed by atoms with E-state index in [1.807, 2.05) is 116 Å². The Bertz CT molecular complexity index is 2240. The maximum absolute atomic E-state index is 13.6. The number of aromatic nitrogens is 2. The van der Waals surface area contributed by atoms with Gasteiger partial charge in [-0.25, -0.2) is 9.78 Å². The van der Waals surface area contributed by atoms with Crippen molar-refractivity contribution in [3.05, 3.63) is 144 Å². The number of hydrogen-bond acceptors (Lipinski definition) is 8. The molecular formula is C45H48N8O4. The van der Waals surface area contributed by atoms with Gasteiger partial charge in [0.1, 0.15) is 11.6 Å². The molecule has 0 saturated carbocycles. The maximum Gasteiger partial charge on any atom is 0.324 e. The Kier molecular flexibility index (Phi) is 13.2. The average Bonchev–Trinajstić information content (AvgIpc) is 3.56. The molecule has 4 amide bonds. The Morgan fingerprint density at radius 1 is 0.789 bits per heavy atom. The molecule has 12 heteroatoms. The first kappa shape index (κ1) is 40.0. The van der Waals surface area contributed by atoms with Crippen LogP contribution in [0, 0.1) is 0 Å². The zero-order valence-corrected chi connectivity index (χ0v) is 32.8. The van der Waals surface area contributed by atoms with Gasteiger partial charge in [0.25, 0.3) is 5.91 Å². The molecule has 0 aliphatic carbocycles. The van der Waals surface area contributed by atoms with Crippen LogP contribution in [-0.2, 0) is 29.0 Å². The predicted molar refractivity (Wildman–Crippen MR) is 225 cm³/mol. The average molecular weight is 765 g/mol. The third-order valence-corrected chi connectivity index (χ3v) is 9.43. The Balaban J connectivity index is 0.989. The second kappa shape index (κ2) is 18.8. The highest BCUT2D eigenvalue weighted by molar-refractivity contribution is 5.99. The first-order chi connectivity index (χ1) is 27.5. The molecule has 1 aliphatic rings. The monoisotopic (exact) mass is 764 g/mol. The molecule has 5 aromatic rings. The Labute approximate surface area is 333 Å². The van der Waals surface area contributed by atoms with Gasteiger partial charge in [0.15, 0.2) is 0 Å². The van der Waals surface area contributed by atoms with Gasteiger partial charge in [-0.15, -0.1) is 0 Å². The van der Waals surface area contributed by atoms with E-state index in [0.29, 0.717) is 73.9 Å². The molecule has 12 nitrogen and oxygen atoms in total. The van der Waals surface area contributed by atoms with Crippen molar-refractivity contribution in [2.75, 3.05) is 63.4 Å². The number of aryl methyl sites for hydroxylation is 1. The van der Waals surface area contributed by atoms with Crippen LogP contribution in [0.5, 0.6) is 0 Å². The number of anilines is 4. The summed E-state index contributed by atoms with van der Waals surface area (Å²) in [4.78, 5) is 67.0. The van der Waals surface area contributed by atoms with Gasteiger partial charge in [0.2, 0.25) is 5.91 Å². The number of hydrogen-bond donors (Lipinski definition) is 2. The van der Waals surface area contributed by atoms with Crippen LogP contribution >= 0.6 is 0 Å². The second-order valence-electron chi connectivity index (χ2n) is 14.5. The van der Waals surface area contributed by atoms with Crippen LogP contribution < -0.4 is 15.5 Å². The number of amides is 4. The summed E-state index contributed by atoms with van der Waals surface area (Å²) in [6.07, 6.45) is 9.72. The van der Waals surface area contributed by atoms with Crippen LogP contribution in [0.1, 0.15) is 33.5 Å². The predicted octanol–water partition coefficient (Wildman–Crippen LogP) is 6.83. The lowest BCUT2D eigenvalue weighted by atomic mass is 10.0. The van der Waals surface area contributed by atoms with Crippen LogP contribution in [0.3, 0.4) is 0 Å². The standard InChI is InChI=1S/C45H48N8O4/c1-50(2)21-7-12-43(55)49-38-11-6-8-32(25-38)13-19-41(54)26-33-9-5-10-34(24-33)31-52-22-23-53(45(52)57)40-27-39(29-46-30-40)48-42-20-18-37(28-47-42)35-14-16-36(17-15-35)44(56)51(3)4/h5-12,14-18,20,24-25,27-30H,13,19,21-23,26,31H2,1-4H3,(H,47,48)(H,49,55)/b12-7+. The van der Waals surface area contributed by atoms with Crippen molar-refractivity contribution in [1.29, 1.82) is 0 Å². The van der Waals surface area contributed by atoms with Crippen molar-refractivity contribution in [1.82, 2.24) is 24.7 Å². The van der Waals surface area contributed by atoms with E-state index in [1.165, 1.54) is 6.08 Å². The summed E-state index contributed by atoms with van der Waals surface area (Å²) >= 11 is 0. The number of nitrogens with one attached hydrogen (secondary N) is 2. The van der Waals surface area contributed by atoms with Crippen LogP contribution in [0.15, 0.2) is 122 Å². The minimum absolute atomic E-state index is 0.0467. The first-order valence-electron chi connectivity index (χ1n) is 18.9.